The van der Waals surface area contributed by atoms with Crippen LogP contribution in [-0.4, -0.2) is 16.2 Å². The number of hydrogen-bond acceptors (Lipinski definition) is 2. The molecule has 4 heteroatoms. The first kappa shape index (κ1) is 10.2. The van der Waals surface area contributed by atoms with Crippen LogP contribution < -0.4 is 4.74 Å². The van der Waals surface area contributed by atoms with Gasteiger partial charge in [-0.3, -0.25) is 0 Å². The van der Waals surface area contributed by atoms with Gasteiger partial charge in [0.25, 0.3) is 0 Å². The van der Waals surface area contributed by atoms with Crippen LogP contribution in [-0.2, 0) is 0 Å². The van der Waals surface area contributed by atoms with Crippen LogP contribution in [0.2, 0.25) is 0 Å². The van der Waals surface area contributed by atoms with E-state index in [1.165, 1.54) is 0 Å². The number of pyridine rings is 1. The molecule has 0 aliphatic rings. The SMILES string of the molecule is C=CCCOc1cc(Br)cc2ccnn12. The molecule has 2 aromatic heterocycles. The molecule has 0 fully saturated rings. The number of hydrogen-bond donors (Lipinski definition) is 0. The van der Waals surface area contributed by atoms with Crippen molar-refractivity contribution in [2.24, 2.45) is 0 Å². The summed E-state index contributed by atoms with van der Waals surface area (Å²) in [4.78, 5) is 0. The standard InChI is InChI=1S/C11H11BrN2O/c1-2-3-6-15-11-8-9(12)7-10-4-5-13-14(10)11/h2,4-5,7-8H,1,3,6H2. The fourth-order valence-corrected chi connectivity index (χ4v) is 1.75. The van der Waals surface area contributed by atoms with Crippen LogP contribution in [0.3, 0.4) is 0 Å². The van der Waals surface area contributed by atoms with E-state index in [0.29, 0.717) is 6.61 Å². The van der Waals surface area contributed by atoms with Crippen LogP contribution in [0.5, 0.6) is 5.88 Å². The maximum Gasteiger partial charge on any atom is 0.216 e. The number of fused-ring (bicyclic) bond motifs is 1. The molecule has 2 rings (SSSR count). The van der Waals surface area contributed by atoms with Crippen LogP contribution >= 0.6 is 15.9 Å². The Kier molecular flexibility index (Phi) is 3.06. The smallest absolute Gasteiger partial charge is 0.216 e. The summed E-state index contributed by atoms with van der Waals surface area (Å²) >= 11 is 3.44. The first-order valence-corrected chi connectivity index (χ1v) is 5.47. The lowest BCUT2D eigenvalue weighted by Crippen LogP contribution is -2.01. The molecule has 2 heterocycles. The second kappa shape index (κ2) is 4.49. The Morgan fingerprint density at radius 1 is 1.53 bits per heavy atom. The Morgan fingerprint density at radius 3 is 3.20 bits per heavy atom. The van der Waals surface area contributed by atoms with Crippen LogP contribution in [0, 0.1) is 0 Å². The lowest BCUT2D eigenvalue weighted by Gasteiger charge is -2.07. The molecule has 78 valence electrons. The summed E-state index contributed by atoms with van der Waals surface area (Å²) in [5, 5.41) is 4.18. The highest BCUT2D eigenvalue weighted by atomic mass is 79.9. The second-order valence-electron chi connectivity index (χ2n) is 3.11. The van der Waals surface area contributed by atoms with Crippen LogP contribution in [0.15, 0.2) is 41.5 Å². The van der Waals surface area contributed by atoms with Crippen molar-refractivity contribution in [3.8, 4) is 5.88 Å². The van der Waals surface area contributed by atoms with E-state index in [1.807, 2.05) is 24.3 Å². The minimum atomic E-state index is 0.620. The summed E-state index contributed by atoms with van der Waals surface area (Å²) < 4.78 is 8.36. The van der Waals surface area contributed by atoms with Gasteiger partial charge >= 0.3 is 0 Å². The zero-order valence-corrected chi connectivity index (χ0v) is 9.77. The Bertz CT molecular complexity index is 478. The van der Waals surface area contributed by atoms with Gasteiger partial charge in [-0.1, -0.05) is 22.0 Å². The predicted molar refractivity (Wildman–Crippen MR) is 63.2 cm³/mol. The van der Waals surface area contributed by atoms with Gasteiger partial charge < -0.3 is 4.74 Å². The Labute approximate surface area is 96.5 Å². The van der Waals surface area contributed by atoms with E-state index in [2.05, 4.69) is 27.6 Å². The third-order valence-corrected chi connectivity index (χ3v) is 2.46. The molecule has 3 nitrogen and oxygen atoms in total. The first-order valence-electron chi connectivity index (χ1n) is 4.68. The van der Waals surface area contributed by atoms with Crippen molar-refractivity contribution in [1.82, 2.24) is 9.61 Å². The Balaban J connectivity index is 2.31. The summed E-state index contributed by atoms with van der Waals surface area (Å²) in [5.74, 6) is 0.742. The van der Waals surface area contributed by atoms with E-state index in [-0.39, 0.29) is 0 Å². The third kappa shape index (κ3) is 2.21. The van der Waals surface area contributed by atoms with Crippen LogP contribution in [0.4, 0.5) is 0 Å². The van der Waals surface area contributed by atoms with Crippen molar-refractivity contribution in [3.05, 3.63) is 41.5 Å². The van der Waals surface area contributed by atoms with E-state index < -0.39 is 0 Å². The molecule has 0 spiro atoms. The Morgan fingerprint density at radius 2 is 2.40 bits per heavy atom. The molecule has 0 aliphatic carbocycles. The zero-order valence-electron chi connectivity index (χ0n) is 8.19. The number of nitrogens with zero attached hydrogens (tertiary/aromatic N) is 2. The van der Waals surface area contributed by atoms with Crippen molar-refractivity contribution < 1.29 is 4.74 Å². The fraction of sp³-hybridized carbons (Fsp3) is 0.182. The first-order chi connectivity index (χ1) is 7.31. The average molecular weight is 267 g/mol. The van der Waals surface area contributed by atoms with Crippen LogP contribution in [0.1, 0.15) is 6.42 Å². The molecule has 0 aromatic carbocycles. The number of halogens is 1. The number of aromatic nitrogens is 2. The molecule has 15 heavy (non-hydrogen) atoms. The Hall–Kier alpha value is -1.29. The fourth-order valence-electron chi connectivity index (χ4n) is 1.32. The topological polar surface area (TPSA) is 26.5 Å². The van der Waals surface area contributed by atoms with Gasteiger partial charge in [0.05, 0.1) is 18.3 Å². The monoisotopic (exact) mass is 266 g/mol. The molecule has 0 atom stereocenters. The molecule has 0 aliphatic heterocycles. The molecule has 0 bridgehead atoms. The van der Waals surface area contributed by atoms with Gasteiger partial charge in [-0.25, -0.2) is 4.52 Å². The van der Waals surface area contributed by atoms with E-state index in [1.54, 1.807) is 10.7 Å². The molecular formula is C11H11BrN2O. The number of ether oxygens (including phenoxy) is 1. The molecule has 0 saturated carbocycles. The van der Waals surface area contributed by atoms with Gasteiger partial charge in [-0.15, -0.1) is 6.58 Å². The van der Waals surface area contributed by atoms with E-state index >= 15 is 0 Å². The third-order valence-electron chi connectivity index (χ3n) is 2.00. The van der Waals surface area contributed by atoms with Crippen LogP contribution in [0.25, 0.3) is 5.52 Å². The van der Waals surface area contributed by atoms with Gasteiger partial charge in [-0.2, -0.15) is 5.10 Å². The second-order valence-corrected chi connectivity index (χ2v) is 4.02. The predicted octanol–water partition coefficient (Wildman–Crippen LogP) is 3.05. The molecule has 0 unspecified atom stereocenters. The quantitative estimate of drug-likeness (QED) is 0.628. The normalized spacial score (nSPS) is 10.5. The molecule has 0 radical (unpaired) electrons. The van der Waals surface area contributed by atoms with E-state index in [0.717, 1.165) is 22.3 Å². The lowest BCUT2D eigenvalue weighted by atomic mass is 10.4. The summed E-state index contributed by atoms with van der Waals surface area (Å²) in [6.07, 6.45) is 4.41. The minimum absolute atomic E-state index is 0.620. The maximum absolute atomic E-state index is 5.60. The summed E-state index contributed by atoms with van der Waals surface area (Å²) in [6, 6.07) is 5.83. The minimum Gasteiger partial charge on any atom is -0.477 e. The highest BCUT2D eigenvalue weighted by Crippen LogP contribution is 2.21. The summed E-state index contributed by atoms with van der Waals surface area (Å²) in [7, 11) is 0. The van der Waals surface area contributed by atoms with Crippen molar-refractivity contribution >= 4 is 21.4 Å². The van der Waals surface area contributed by atoms with E-state index in [9.17, 15) is 0 Å². The van der Waals surface area contributed by atoms with E-state index in [4.69, 9.17) is 4.74 Å². The van der Waals surface area contributed by atoms with Gasteiger partial charge in [0.15, 0.2) is 0 Å². The van der Waals surface area contributed by atoms with Crippen molar-refractivity contribution in [2.45, 2.75) is 6.42 Å². The molecule has 0 N–H and O–H groups in total. The van der Waals surface area contributed by atoms with Crippen molar-refractivity contribution in [1.29, 1.82) is 0 Å². The highest BCUT2D eigenvalue weighted by molar-refractivity contribution is 9.10. The van der Waals surface area contributed by atoms with Gasteiger partial charge in [0, 0.05) is 10.5 Å². The van der Waals surface area contributed by atoms with Gasteiger partial charge in [-0.05, 0) is 18.6 Å². The molecular weight excluding hydrogens is 256 g/mol. The van der Waals surface area contributed by atoms with Crippen molar-refractivity contribution in [3.63, 3.8) is 0 Å². The van der Waals surface area contributed by atoms with Gasteiger partial charge in [0.1, 0.15) is 0 Å². The highest BCUT2D eigenvalue weighted by Gasteiger charge is 2.03. The zero-order chi connectivity index (χ0) is 10.7. The lowest BCUT2D eigenvalue weighted by molar-refractivity contribution is 0.304. The average Bonchev–Trinajstić information content (AvgIpc) is 2.65. The number of rotatable bonds is 4. The largest absolute Gasteiger partial charge is 0.477 e. The maximum atomic E-state index is 5.60. The molecule has 0 amide bonds. The van der Waals surface area contributed by atoms with Crippen molar-refractivity contribution in [2.75, 3.05) is 6.61 Å². The summed E-state index contributed by atoms with van der Waals surface area (Å²) in [5.41, 5.74) is 1.01. The molecule has 2 aromatic rings. The summed E-state index contributed by atoms with van der Waals surface area (Å²) in [6.45, 7) is 4.27. The van der Waals surface area contributed by atoms with Gasteiger partial charge in [0.2, 0.25) is 5.88 Å². The molecule has 0 saturated heterocycles.